The van der Waals surface area contributed by atoms with Crippen molar-refractivity contribution >= 4 is 17.7 Å². The lowest BCUT2D eigenvalue weighted by Gasteiger charge is -2.31. The van der Waals surface area contributed by atoms with Gasteiger partial charge in [-0.3, -0.25) is 4.99 Å². The van der Waals surface area contributed by atoms with E-state index in [0.29, 0.717) is 12.0 Å². The van der Waals surface area contributed by atoms with E-state index in [-0.39, 0.29) is 0 Å². The third kappa shape index (κ3) is 2.41. The fourth-order valence-corrected chi connectivity index (χ4v) is 3.76. The summed E-state index contributed by atoms with van der Waals surface area (Å²) >= 11 is 2.07. The van der Waals surface area contributed by atoms with E-state index in [0.717, 1.165) is 25.0 Å². The SMILES string of the molecule is CC(C)CN1C(N)=NCC1C1CCSC1. The summed E-state index contributed by atoms with van der Waals surface area (Å²) in [5, 5.41) is 0. The van der Waals surface area contributed by atoms with E-state index in [9.17, 15) is 0 Å². The predicted octanol–water partition coefficient (Wildman–Crippen LogP) is 1.39. The van der Waals surface area contributed by atoms with Gasteiger partial charge in [-0.05, 0) is 29.8 Å². The molecule has 3 nitrogen and oxygen atoms in total. The van der Waals surface area contributed by atoms with Crippen molar-refractivity contribution in [3.63, 3.8) is 0 Å². The van der Waals surface area contributed by atoms with Crippen LogP contribution in [-0.2, 0) is 0 Å². The second-order valence-electron chi connectivity index (χ2n) is 4.94. The van der Waals surface area contributed by atoms with Crippen molar-refractivity contribution in [3.8, 4) is 0 Å². The van der Waals surface area contributed by atoms with Crippen molar-refractivity contribution in [3.05, 3.63) is 0 Å². The Hall–Kier alpha value is -0.380. The van der Waals surface area contributed by atoms with Crippen LogP contribution in [0, 0.1) is 11.8 Å². The van der Waals surface area contributed by atoms with Gasteiger partial charge < -0.3 is 10.6 Å². The molecule has 0 bridgehead atoms. The molecule has 0 aromatic heterocycles. The smallest absolute Gasteiger partial charge is 0.191 e. The Labute approximate surface area is 96.5 Å². The fourth-order valence-electron chi connectivity index (χ4n) is 2.43. The van der Waals surface area contributed by atoms with Crippen molar-refractivity contribution in [1.82, 2.24) is 4.90 Å². The Bertz CT molecular complexity index is 246. The lowest BCUT2D eigenvalue weighted by molar-refractivity contribution is 0.244. The molecular formula is C11H21N3S. The molecule has 2 atom stereocenters. The first-order chi connectivity index (χ1) is 7.18. The molecule has 0 radical (unpaired) electrons. The van der Waals surface area contributed by atoms with Crippen molar-refractivity contribution in [2.24, 2.45) is 22.6 Å². The lowest BCUT2D eigenvalue weighted by Crippen LogP contribution is -2.46. The molecule has 0 aromatic carbocycles. The highest BCUT2D eigenvalue weighted by Gasteiger charge is 2.34. The van der Waals surface area contributed by atoms with Crippen LogP contribution in [0.5, 0.6) is 0 Å². The highest BCUT2D eigenvalue weighted by Crippen LogP contribution is 2.31. The Kier molecular flexibility index (Phi) is 3.44. The Morgan fingerprint density at radius 2 is 2.40 bits per heavy atom. The minimum Gasteiger partial charge on any atom is -0.370 e. The molecule has 2 rings (SSSR count). The predicted molar refractivity (Wildman–Crippen MR) is 67.3 cm³/mol. The van der Waals surface area contributed by atoms with Gasteiger partial charge in [0.25, 0.3) is 0 Å². The van der Waals surface area contributed by atoms with E-state index in [1.807, 2.05) is 0 Å². The monoisotopic (exact) mass is 227 g/mol. The van der Waals surface area contributed by atoms with Crippen LogP contribution in [0.15, 0.2) is 4.99 Å². The first-order valence-corrected chi connectivity index (χ1v) is 6.98. The third-order valence-electron chi connectivity index (χ3n) is 3.21. The van der Waals surface area contributed by atoms with Crippen LogP contribution in [0.1, 0.15) is 20.3 Å². The van der Waals surface area contributed by atoms with Crippen molar-refractivity contribution < 1.29 is 0 Å². The Balaban J connectivity index is 1.99. The summed E-state index contributed by atoms with van der Waals surface area (Å²) in [7, 11) is 0. The maximum absolute atomic E-state index is 5.95. The largest absolute Gasteiger partial charge is 0.370 e. The normalized spacial score (nSPS) is 31.4. The summed E-state index contributed by atoms with van der Waals surface area (Å²) in [5.41, 5.74) is 5.95. The standard InChI is InChI=1S/C11H21N3S/c1-8(2)6-14-10(5-13-11(14)12)9-3-4-15-7-9/h8-10H,3-7H2,1-2H3,(H2,12,13). The molecule has 86 valence electrons. The summed E-state index contributed by atoms with van der Waals surface area (Å²) in [6.07, 6.45) is 1.34. The topological polar surface area (TPSA) is 41.6 Å². The van der Waals surface area contributed by atoms with E-state index in [1.54, 1.807) is 0 Å². The van der Waals surface area contributed by atoms with Gasteiger partial charge in [-0.25, -0.2) is 0 Å². The molecule has 0 aliphatic carbocycles. The number of nitrogens with two attached hydrogens (primary N) is 1. The molecule has 2 unspecified atom stereocenters. The van der Waals surface area contributed by atoms with Crippen LogP contribution in [-0.4, -0.2) is 41.5 Å². The van der Waals surface area contributed by atoms with Gasteiger partial charge in [0, 0.05) is 6.54 Å². The molecule has 15 heavy (non-hydrogen) atoms. The van der Waals surface area contributed by atoms with Gasteiger partial charge in [-0.15, -0.1) is 0 Å². The second-order valence-corrected chi connectivity index (χ2v) is 6.09. The van der Waals surface area contributed by atoms with Gasteiger partial charge in [-0.2, -0.15) is 11.8 Å². The van der Waals surface area contributed by atoms with Crippen LogP contribution < -0.4 is 5.73 Å². The van der Waals surface area contributed by atoms with E-state index >= 15 is 0 Å². The molecule has 2 N–H and O–H groups in total. The van der Waals surface area contributed by atoms with E-state index in [4.69, 9.17) is 5.73 Å². The third-order valence-corrected chi connectivity index (χ3v) is 4.39. The molecule has 0 aromatic rings. The molecule has 0 saturated carbocycles. The molecule has 1 fully saturated rings. The number of nitrogens with zero attached hydrogens (tertiary/aromatic N) is 2. The second kappa shape index (κ2) is 4.64. The molecule has 2 aliphatic rings. The van der Waals surface area contributed by atoms with Crippen molar-refractivity contribution in [2.45, 2.75) is 26.3 Å². The maximum Gasteiger partial charge on any atom is 0.191 e. The van der Waals surface area contributed by atoms with Gasteiger partial charge in [-0.1, -0.05) is 13.8 Å². The van der Waals surface area contributed by atoms with Crippen molar-refractivity contribution in [1.29, 1.82) is 0 Å². The molecule has 1 saturated heterocycles. The molecular weight excluding hydrogens is 206 g/mol. The van der Waals surface area contributed by atoms with Gasteiger partial charge in [0.15, 0.2) is 5.96 Å². The summed E-state index contributed by atoms with van der Waals surface area (Å²) in [6.45, 7) is 6.46. The number of aliphatic imine (C=N–C) groups is 1. The van der Waals surface area contributed by atoms with Gasteiger partial charge in [0.1, 0.15) is 0 Å². The highest BCUT2D eigenvalue weighted by atomic mass is 32.2. The van der Waals surface area contributed by atoms with Gasteiger partial charge in [0.2, 0.25) is 0 Å². The minimum atomic E-state index is 0.586. The lowest BCUT2D eigenvalue weighted by atomic mass is 9.98. The summed E-state index contributed by atoms with van der Waals surface area (Å²) in [5.74, 6) is 4.84. The summed E-state index contributed by atoms with van der Waals surface area (Å²) < 4.78 is 0. The van der Waals surface area contributed by atoms with Crippen LogP contribution in [0.4, 0.5) is 0 Å². The van der Waals surface area contributed by atoms with Crippen LogP contribution in [0.2, 0.25) is 0 Å². The first-order valence-electron chi connectivity index (χ1n) is 5.82. The summed E-state index contributed by atoms with van der Waals surface area (Å²) in [6, 6.07) is 0.586. The first kappa shape index (κ1) is 11.1. The van der Waals surface area contributed by atoms with Crippen LogP contribution in [0.3, 0.4) is 0 Å². The van der Waals surface area contributed by atoms with E-state index in [1.165, 1.54) is 17.9 Å². The fraction of sp³-hybridized carbons (Fsp3) is 0.909. The number of thioether (sulfide) groups is 1. The number of rotatable bonds is 3. The average molecular weight is 227 g/mol. The van der Waals surface area contributed by atoms with Crippen LogP contribution >= 0.6 is 11.8 Å². The Morgan fingerprint density at radius 3 is 3.00 bits per heavy atom. The minimum absolute atomic E-state index is 0.586. The Morgan fingerprint density at radius 1 is 1.60 bits per heavy atom. The zero-order chi connectivity index (χ0) is 10.8. The van der Waals surface area contributed by atoms with E-state index < -0.39 is 0 Å². The molecule has 0 amide bonds. The quantitative estimate of drug-likeness (QED) is 0.792. The van der Waals surface area contributed by atoms with Gasteiger partial charge in [0.05, 0.1) is 12.6 Å². The molecule has 2 aliphatic heterocycles. The highest BCUT2D eigenvalue weighted by molar-refractivity contribution is 7.99. The van der Waals surface area contributed by atoms with Crippen molar-refractivity contribution in [2.75, 3.05) is 24.6 Å². The molecule has 2 heterocycles. The summed E-state index contributed by atoms with van der Waals surface area (Å²) in [4.78, 5) is 6.74. The zero-order valence-corrected chi connectivity index (χ0v) is 10.5. The molecule has 4 heteroatoms. The zero-order valence-electron chi connectivity index (χ0n) is 9.65. The van der Waals surface area contributed by atoms with E-state index in [2.05, 4.69) is 35.5 Å². The number of hydrogen-bond acceptors (Lipinski definition) is 4. The van der Waals surface area contributed by atoms with Gasteiger partial charge >= 0.3 is 0 Å². The average Bonchev–Trinajstić information content (AvgIpc) is 2.76. The van der Waals surface area contributed by atoms with Crippen LogP contribution in [0.25, 0.3) is 0 Å². The molecule has 0 spiro atoms. The maximum atomic E-state index is 5.95. The number of guanidine groups is 1. The number of hydrogen-bond donors (Lipinski definition) is 1.